The fourth-order valence-electron chi connectivity index (χ4n) is 2.34. The Morgan fingerprint density at radius 3 is 2.39 bits per heavy atom. The standard InChI is InChI=1S/C14H18FNO2/c1-10-7-16(8-11(2)18-10)9-14(17)12-3-5-13(15)6-4-12/h3-6,10-11H,7-9H2,1-2H3. The van der Waals surface area contributed by atoms with Crippen molar-refractivity contribution in [3.05, 3.63) is 35.6 Å². The van der Waals surface area contributed by atoms with Crippen LogP contribution in [0.2, 0.25) is 0 Å². The molecule has 0 spiro atoms. The lowest BCUT2D eigenvalue weighted by Crippen LogP contribution is -2.47. The van der Waals surface area contributed by atoms with Crippen molar-refractivity contribution < 1.29 is 13.9 Å². The van der Waals surface area contributed by atoms with Crippen LogP contribution in [0.5, 0.6) is 0 Å². The van der Waals surface area contributed by atoms with Crippen molar-refractivity contribution in [2.75, 3.05) is 19.6 Å². The first-order valence-electron chi connectivity index (χ1n) is 6.21. The lowest BCUT2D eigenvalue weighted by atomic mass is 10.1. The molecule has 0 amide bonds. The van der Waals surface area contributed by atoms with Crippen LogP contribution in [0.25, 0.3) is 0 Å². The molecule has 0 aromatic heterocycles. The fraction of sp³-hybridized carbons (Fsp3) is 0.500. The normalized spacial score (nSPS) is 25.1. The molecule has 0 saturated carbocycles. The van der Waals surface area contributed by atoms with Gasteiger partial charge in [-0.25, -0.2) is 4.39 Å². The molecule has 98 valence electrons. The summed E-state index contributed by atoms with van der Waals surface area (Å²) in [5, 5.41) is 0. The first-order chi connectivity index (χ1) is 8.54. The number of carbonyl (C=O) groups excluding carboxylic acids is 1. The van der Waals surface area contributed by atoms with Crippen LogP contribution >= 0.6 is 0 Å². The largest absolute Gasteiger partial charge is 0.373 e. The Balaban J connectivity index is 1.96. The topological polar surface area (TPSA) is 29.5 Å². The highest BCUT2D eigenvalue weighted by molar-refractivity contribution is 5.97. The van der Waals surface area contributed by atoms with Crippen molar-refractivity contribution in [3.8, 4) is 0 Å². The van der Waals surface area contributed by atoms with Gasteiger partial charge in [0.25, 0.3) is 0 Å². The van der Waals surface area contributed by atoms with Gasteiger partial charge < -0.3 is 4.74 Å². The first kappa shape index (κ1) is 13.2. The number of hydrogen-bond acceptors (Lipinski definition) is 3. The predicted molar refractivity (Wildman–Crippen MR) is 67.2 cm³/mol. The van der Waals surface area contributed by atoms with Crippen molar-refractivity contribution in [1.82, 2.24) is 4.90 Å². The molecule has 0 radical (unpaired) electrons. The van der Waals surface area contributed by atoms with E-state index < -0.39 is 0 Å². The Hall–Kier alpha value is -1.26. The number of Topliss-reactive ketones (excluding diaryl/α,β-unsaturated/α-hetero) is 1. The molecule has 1 aliphatic rings. The molecule has 1 aromatic carbocycles. The fourth-order valence-corrected chi connectivity index (χ4v) is 2.34. The number of halogens is 1. The van der Waals surface area contributed by atoms with Gasteiger partial charge in [0.05, 0.1) is 18.8 Å². The number of nitrogens with zero attached hydrogens (tertiary/aromatic N) is 1. The van der Waals surface area contributed by atoms with Gasteiger partial charge in [-0.2, -0.15) is 0 Å². The molecule has 1 aromatic rings. The summed E-state index contributed by atoms with van der Waals surface area (Å²) in [5.41, 5.74) is 0.559. The lowest BCUT2D eigenvalue weighted by Gasteiger charge is -2.34. The number of carbonyl (C=O) groups is 1. The zero-order chi connectivity index (χ0) is 13.1. The molecule has 0 bridgehead atoms. The Kier molecular flexibility index (Phi) is 4.09. The first-order valence-corrected chi connectivity index (χ1v) is 6.21. The summed E-state index contributed by atoms with van der Waals surface area (Å²) in [5.74, 6) is -0.295. The smallest absolute Gasteiger partial charge is 0.176 e. The van der Waals surface area contributed by atoms with Crippen LogP contribution in [0.4, 0.5) is 4.39 Å². The average molecular weight is 251 g/mol. The van der Waals surface area contributed by atoms with E-state index in [1.807, 2.05) is 13.8 Å². The van der Waals surface area contributed by atoms with Crippen LogP contribution in [0, 0.1) is 5.82 Å². The summed E-state index contributed by atoms with van der Waals surface area (Å²) >= 11 is 0. The Morgan fingerprint density at radius 1 is 1.28 bits per heavy atom. The van der Waals surface area contributed by atoms with Gasteiger partial charge in [-0.1, -0.05) is 0 Å². The molecule has 2 rings (SSSR count). The molecule has 2 unspecified atom stereocenters. The van der Waals surface area contributed by atoms with E-state index in [0.717, 1.165) is 13.1 Å². The summed E-state index contributed by atoms with van der Waals surface area (Å²) in [7, 11) is 0. The summed E-state index contributed by atoms with van der Waals surface area (Å²) in [4.78, 5) is 14.1. The summed E-state index contributed by atoms with van der Waals surface area (Å²) in [6.45, 7) is 5.90. The number of benzene rings is 1. The van der Waals surface area contributed by atoms with Gasteiger partial charge in [-0.3, -0.25) is 9.69 Å². The van der Waals surface area contributed by atoms with Crippen molar-refractivity contribution >= 4 is 5.78 Å². The highest BCUT2D eigenvalue weighted by Crippen LogP contribution is 2.12. The zero-order valence-electron chi connectivity index (χ0n) is 10.7. The number of ether oxygens (including phenoxy) is 1. The monoisotopic (exact) mass is 251 g/mol. The lowest BCUT2D eigenvalue weighted by molar-refractivity contribution is -0.0652. The molecule has 3 nitrogen and oxygen atoms in total. The second kappa shape index (κ2) is 5.59. The molecule has 1 heterocycles. The SMILES string of the molecule is CC1CN(CC(=O)c2ccc(F)cc2)CC(C)O1. The zero-order valence-corrected chi connectivity index (χ0v) is 10.7. The van der Waals surface area contributed by atoms with E-state index in [1.54, 1.807) is 0 Å². The van der Waals surface area contributed by atoms with Crippen LogP contribution in [0.1, 0.15) is 24.2 Å². The highest BCUT2D eigenvalue weighted by Gasteiger charge is 2.23. The summed E-state index contributed by atoms with van der Waals surface area (Å²) in [6, 6.07) is 5.70. The number of ketones is 1. The minimum Gasteiger partial charge on any atom is -0.373 e. The Morgan fingerprint density at radius 2 is 1.83 bits per heavy atom. The van der Waals surface area contributed by atoms with Gasteiger partial charge in [0.2, 0.25) is 0 Å². The van der Waals surface area contributed by atoms with Crippen molar-refractivity contribution in [2.45, 2.75) is 26.1 Å². The molecular weight excluding hydrogens is 233 g/mol. The molecule has 1 aliphatic heterocycles. The Labute approximate surface area is 107 Å². The number of rotatable bonds is 3. The van der Waals surface area contributed by atoms with Crippen LogP contribution in [-0.4, -0.2) is 42.5 Å². The van der Waals surface area contributed by atoms with Crippen molar-refractivity contribution in [1.29, 1.82) is 0 Å². The van der Waals surface area contributed by atoms with Gasteiger partial charge in [0, 0.05) is 18.7 Å². The molecule has 0 N–H and O–H groups in total. The van der Waals surface area contributed by atoms with E-state index in [-0.39, 0.29) is 23.8 Å². The molecule has 1 fully saturated rings. The molecule has 1 saturated heterocycles. The maximum absolute atomic E-state index is 12.8. The summed E-state index contributed by atoms with van der Waals surface area (Å²) in [6.07, 6.45) is 0.296. The van der Waals surface area contributed by atoms with Gasteiger partial charge in [-0.15, -0.1) is 0 Å². The van der Waals surface area contributed by atoms with E-state index in [0.29, 0.717) is 12.1 Å². The van der Waals surface area contributed by atoms with E-state index >= 15 is 0 Å². The van der Waals surface area contributed by atoms with Gasteiger partial charge in [0.1, 0.15) is 5.82 Å². The average Bonchev–Trinajstić information content (AvgIpc) is 2.28. The van der Waals surface area contributed by atoms with E-state index in [4.69, 9.17) is 4.74 Å². The Bertz CT molecular complexity index is 408. The third-order valence-electron chi connectivity index (χ3n) is 3.03. The van der Waals surface area contributed by atoms with Crippen LogP contribution < -0.4 is 0 Å². The predicted octanol–water partition coefficient (Wildman–Crippen LogP) is 2.12. The van der Waals surface area contributed by atoms with E-state index in [2.05, 4.69) is 4.90 Å². The maximum atomic E-state index is 12.8. The van der Waals surface area contributed by atoms with Gasteiger partial charge in [0.15, 0.2) is 5.78 Å². The molecule has 0 aliphatic carbocycles. The van der Waals surface area contributed by atoms with E-state index in [9.17, 15) is 9.18 Å². The van der Waals surface area contributed by atoms with Crippen molar-refractivity contribution in [2.24, 2.45) is 0 Å². The highest BCUT2D eigenvalue weighted by atomic mass is 19.1. The van der Waals surface area contributed by atoms with Crippen LogP contribution in [-0.2, 0) is 4.74 Å². The van der Waals surface area contributed by atoms with Gasteiger partial charge in [-0.05, 0) is 38.1 Å². The quantitative estimate of drug-likeness (QED) is 0.771. The van der Waals surface area contributed by atoms with E-state index in [1.165, 1.54) is 24.3 Å². The molecular formula is C14H18FNO2. The molecule has 18 heavy (non-hydrogen) atoms. The maximum Gasteiger partial charge on any atom is 0.176 e. The summed E-state index contributed by atoms with van der Waals surface area (Å²) < 4.78 is 18.4. The van der Waals surface area contributed by atoms with Crippen LogP contribution in [0.15, 0.2) is 24.3 Å². The molecule has 4 heteroatoms. The van der Waals surface area contributed by atoms with Crippen molar-refractivity contribution in [3.63, 3.8) is 0 Å². The number of hydrogen-bond donors (Lipinski definition) is 0. The third kappa shape index (κ3) is 3.37. The third-order valence-corrected chi connectivity index (χ3v) is 3.03. The minimum absolute atomic E-state index is 0.0244. The minimum atomic E-state index is -0.319. The van der Waals surface area contributed by atoms with Gasteiger partial charge >= 0.3 is 0 Å². The molecule has 2 atom stereocenters. The van der Waals surface area contributed by atoms with Crippen LogP contribution in [0.3, 0.4) is 0 Å². The second-order valence-electron chi connectivity index (χ2n) is 4.88. The second-order valence-corrected chi connectivity index (χ2v) is 4.88. The number of morpholine rings is 1.